The van der Waals surface area contributed by atoms with Crippen LogP contribution in [0, 0.1) is 17.8 Å². The summed E-state index contributed by atoms with van der Waals surface area (Å²) in [4.78, 5) is 12.8. The monoisotopic (exact) mass is 395 g/mol. The Hall–Kier alpha value is -0.613. The molecule has 0 saturated carbocycles. The quantitative estimate of drug-likeness (QED) is 0.449. The lowest BCUT2D eigenvalue weighted by molar-refractivity contribution is -0.126. The molecule has 1 aliphatic rings. The molecule has 1 rings (SSSR count). The highest BCUT2D eigenvalue weighted by atomic mass is 28.4. The third kappa shape index (κ3) is 8.11. The Morgan fingerprint density at radius 1 is 1.11 bits per heavy atom. The van der Waals surface area contributed by atoms with Crippen LogP contribution in [0.1, 0.15) is 80.1 Å². The molecule has 0 aromatic carbocycles. The van der Waals surface area contributed by atoms with E-state index in [-0.39, 0.29) is 23.0 Å². The normalized spacial score (nSPS) is 31.0. The summed E-state index contributed by atoms with van der Waals surface area (Å²) in [5, 5.41) is 3.30. The van der Waals surface area contributed by atoms with Gasteiger partial charge in [0.2, 0.25) is 5.91 Å². The van der Waals surface area contributed by atoms with Gasteiger partial charge in [0, 0.05) is 6.54 Å². The fraction of sp³-hybridized carbons (Fsp3) is 0.870. The van der Waals surface area contributed by atoms with Crippen molar-refractivity contribution < 1.29 is 9.22 Å². The van der Waals surface area contributed by atoms with E-state index < -0.39 is 8.32 Å². The Morgan fingerprint density at radius 3 is 2.33 bits per heavy atom. The van der Waals surface area contributed by atoms with Crippen LogP contribution in [0.25, 0.3) is 0 Å². The van der Waals surface area contributed by atoms with E-state index in [1.54, 1.807) is 0 Å². The molecule has 0 bridgehead atoms. The summed E-state index contributed by atoms with van der Waals surface area (Å²) in [5.41, 5.74) is 0. The maximum atomic E-state index is 12.8. The molecule has 1 amide bonds. The van der Waals surface area contributed by atoms with Crippen LogP contribution in [0.2, 0.25) is 18.1 Å². The van der Waals surface area contributed by atoms with Crippen molar-refractivity contribution in [1.29, 1.82) is 0 Å². The van der Waals surface area contributed by atoms with E-state index in [2.05, 4.69) is 65.2 Å². The standard InChI is InChI=1S/C23H45NO2Si/c1-9-20-13-10-12-18(2)15-16-21(26-27(7,8)23(4,5)6)19(3)22(25)24-17-11-14-20/h15-16,18-21H,9-14,17H2,1-8H3,(H,24,25)/b16-15+/t18-,19-,20+,21+/m1/s1. The Labute approximate surface area is 169 Å². The molecule has 3 nitrogen and oxygen atoms in total. The first-order chi connectivity index (χ1) is 12.5. The zero-order valence-electron chi connectivity index (χ0n) is 19.2. The van der Waals surface area contributed by atoms with Gasteiger partial charge in [0.15, 0.2) is 8.32 Å². The van der Waals surface area contributed by atoms with Crippen molar-refractivity contribution in [3.05, 3.63) is 12.2 Å². The van der Waals surface area contributed by atoms with Gasteiger partial charge in [0.1, 0.15) is 0 Å². The molecule has 0 aliphatic carbocycles. The Balaban J connectivity index is 2.96. The SMILES string of the molecule is CC[C@@H]1CCCNC(=O)[C@H](C)[C@@H](O[Si](C)(C)C(C)(C)C)/C=C/[C@H](C)CCC1. The fourth-order valence-corrected chi connectivity index (χ4v) is 4.73. The van der Waals surface area contributed by atoms with Crippen LogP contribution in [0.15, 0.2) is 12.2 Å². The summed E-state index contributed by atoms with van der Waals surface area (Å²) in [5.74, 6) is 1.30. The van der Waals surface area contributed by atoms with Crippen molar-refractivity contribution >= 4 is 14.2 Å². The van der Waals surface area contributed by atoms with E-state index >= 15 is 0 Å². The van der Waals surface area contributed by atoms with Gasteiger partial charge in [-0.2, -0.15) is 0 Å². The predicted octanol–water partition coefficient (Wildman–Crippen LogP) is 6.31. The lowest BCUT2D eigenvalue weighted by atomic mass is 9.91. The average Bonchev–Trinajstić information content (AvgIpc) is 2.57. The van der Waals surface area contributed by atoms with Crippen LogP contribution >= 0.6 is 0 Å². The van der Waals surface area contributed by atoms with Gasteiger partial charge in [0.05, 0.1) is 12.0 Å². The minimum Gasteiger partial charge on any atom is -0.410 e. The van der Waals surface area contributed by atoms with Gasteiger partial charge < -0.3 is 9.74 Å². The number of carbonyl (C=O) groups excluding carboxylic acids is 1. The summed E-state index contributed by atoms with van der Waals surface area (Å²) >= 11 is 0. The van der Waals surface area contributed by atoms with Gasteiger partial charge in [-0.1, -0.05) is 73.0 Å². The highest BCUT2D eigenvalue weighted by Gasteiger charge is 2.40. The number of nitrogens with one attached hydrogen (secondary N) is 1. The van der Waals surface area contributed by atoms with Crippen LogP contribution < -0.4 is 5.32 Å². The van der Waals surface area contributed by atoms with E-state index in [9.17, 15) is 4.79 Å². The predicted molar refractivity (Wildman–Crippen MR) is 119 cm³/mol. The number of hydrogen-bond acceptors (Lipinski definition) is 2. The highest BCUT2D eigenvalue weighted by molar-refractivity contribution is 6.74. The molecule has 0 spiro atoms. The van der Waals surface area contributed by atoms with Gasteiger partial charge in [-0.25, -0.2) is 0 Å². The van der Waals surface area contributed by atoms with Crippen LogP contribution in [0.3, 0.4) is 0 Å². The molecule has 0 aromatic heterocycles. The lowest BCUT2D eigenvalue weighted by Gasteiger charge is -2.40. The summed E-state index contributed by atoms with van der Waals surface area (Å²) in [7, 11) is -1.94. The van der Waals surface area contributed by atoms with Gasteiger partial charge in [-0.15, -0.1) is 0 Å². The zero-order chi connectivity index (χ0) is 20.7. The average molecular weight is 396 g/mol. The molecular weight excluding hydrogens is 350 g/mol. The van der Waals surface area contributed by atoms with Crippen molar-refractivity contribution in [2.75, 3.05) is 6.54 Å². The summed E-state index contributed by atoms with van der Waals surface area (Å²) < 4.78 is 6.66. The molecule has 158 valence electrons. The number of amides is 1. The van der Waals surface area contributed by atoms with E-state index in [1.807, 2.05) is 6.92 Å². The number of carbonyl (C=O) groups is 1. The third-order valence-corrected chi connectivity index (χ3v) is 11.2. The molecule has 1 aliphatic heterocycles. The molecule has 0 radical (unpaired) electrons. The molecule has 4 atom stereocenters. The fourth-order valence-electron chi connectivity index (χ4n) is 3.41. The highest BCUT2D eigenvalue weighted by Crippen LogP contribution is 2.38. The Morgan fingerprint density at radius 2 is 1.74 bits per heavy atom. The molecule has 0 unspecified atom stereocenters. The van der Waals surface area contributed by atoms with E-state index in [0.29, 0.717) is 5.92 Å². The Kier molecular flexibility index (Phi) is 9.77. The van der Waals surface area contributed by atoms with Gasteiger partial charge in [-0.05, 0) is 49.2 Å². The maximum Gasteiger partial charge on any atom is 0.225 e. The smallest absolute Gasteiger partial charge is 0.225 e. The molecule has 0 saturated heterocycles. The molecule has 0 aromatic rings. The summed E-state index contributed by atoms with van der Waals surface area (Å²) in [6.45, 7) is 18.7. The number of allylic oxidation sites excluding steroid dienone is 1. The largest absolute Gasteiger partial charge is 0.410 e. The first-order valence-electron chi connectivity index (χ1n) is 11.1. The van der Waals surface area contributed by atoms with Crippen molar-refractivity contribution in [2.24, 2.45) is 17.8 Å². The third-order valence-electron chi connectivity index (χ3n) is 6.71. The summed E-state index contributed by atoms with van der Waals surface area (Å²) in [6.07, 6.45) is 11.7. The van der Waals surface area contributed by atoms with Crippen LogP contribution in [-0.4, -0.2) is 26.9 Å². The topological polar surface area (TPSA) is 38.3 Å². The lowest BCUT2D eigenvalue weighted by Crippen LogP contribution is -2.47. The second kappa shape index (κ2) is 10.8. The Bertz CT molecular complexity index is 481. The summed E-state index contributed by atoms with van der Waals surface area (Å²) in [6, 6.07) is 0. The minimum absolute atomic E-state index is 0.126. The first kappa shape index (κ1) is 24.4. The molecular formula is C23H45NO2Si. The second-order valence-corrected chi connectivity index (χ2v) is 14.9. The first-order valence-corrected chi connectivity index (χ1v) is 14.0. The zero-order valence-corrected chi connectivity index (χ0v) is 20.2. The van der Waals surface area contributed by atoms with E-state index in [1.165, 1.54) is 32.1 Å². The number of hydrogen-bond donors (Lipinski definition) is 1. The second-order valence-electron chi connectivity index (χ2n) is 10.1. The van der Waals surface area contributed by atoms with Crippen LogP contribution in [0.4, 0.5) is 0 Å². The van der Waals surface area contributed by atoms with Crippen LogP contribution in [0.5, 0.6) is 0 Å². The molecule has 1 N–H and O–H groups in total. The maximum absolute atomic E-state index is 12.8. The molecule has 0 fully saturated rings. The van der Waals surface area contributed by atoms with E-state index in [4.69, 9.17) is 4.43 Å². The van der Waals surface area contributed by atoms with Gasteiger partial charge in [0.25, 0.3) is 0 Å². The minimum atomic E-state index is -1.94. The molecule has 1 heterocycles. The van der Waals surface area contributed by atoms with Crippen LogP contribution in [-0.2, 0) is 9.22 Å². The molecule has 4 heteroatoms. The number of rotatable bonds is 3. The van der Waals surface area contributed by atoms with Crippen molar-refractivity contribution in [3.8, 4) is 0 Å². The van der Waals surface area contributed by atoms with Crippen molar-refractivity contribution in [1.82, 2.24) is 5.32 Å². The van der Waals surface area contributed by atoms with Crippen molar-refractivity contribution in [3.63, 3.8) is 0 Å². The van der Waals surface area contributed by atoms with Crippen molar-refractivity contribution in [2.45, 2.75) is 104 Å². The molecule has 27 heavy (non-hydrogen) atoms. The van der Waals surface area contributed by atoms with Gasteiger partial charge >= 0.3 is 0 Å². The van der Waals surface area contributed by atoms with Gasteiger partial charge in [-0.3, -0.25) is 4.79 Å². The van der Waals surface area contributed by atoms with E-state index in [0.717, 1.165) is 18.9 Å².